The van der Waals surface area contributed by atoms with E-state index >= 15 is 0 Å². The second kappa shape index (κ2) is 7.69. The highest BCUT2D eigenvalue weighted by molar-refractivity contribution is 9.10. The van der Waals surface area contributed by atoms with Gasteiger partial charge in [0.05, 0.1) is 13.7 Å². The van der Waals surface area contributed by atoms with Crippen LogP contribution < -0.4 is 15.4 Å². The largest absolute Gasteiger partial charge is 0.497 e. The van der Waals surface area contributed by atoms with Gasteiger partial charge in [0.1, 0.15) is 5.75 Å². The lowest BCUT2D eigenvalue weighted by atomic mass is 10.2. The van der Waals surface area contributed by atoms with Crippen molar-refractivity contribution in [1.29, 1.82) is 0 Å². The number of hydrogen-bond acceptors (Lipinski definition) is 3. The van der Waals surface area contributed by atoms with Crippen molar-refractivity contribution in [3.8, 4) is 5.75 Å². The highest BCUT2D eigenvalue weighted by Crippen LogP contribution is 2.15. The summed E-state index contributed by atoms with van der Waals surface area (Å²) in [7, 11) is 1.63. The SMILES string of the molecule is COc1ccc(CNC(=O)CNc2cccc(Br)c2)cc1. The molecule has 0 aliphatic rings. The molecular weight excluding hydrogens is 332 g/mol. The van der Waals surface area contributed by atoms with Crippen LogP contribution in [0.5, 0.6) is 5.75 Å². The zero-order valence-corrected chi connectivity index (χ0v) is 13.3. The Balaban J connectivity index is 1.76. The lowest BCUT2D eigenvalue weighted by Gasteiger charge is -2.08. The lowest BCUT2D eigenvalue weighted by molar-refractivity contribution is -0.119. The van der Waals surface area contributed by atoms with Crippen molar-refractivity contribution in [2.75, 3.05) is 19.0 Å². The first kappa shape index (κ1) is 15.4. The first-order chi connectivity index (χ1) is 10.2. The average Bonchev–Trinajstić information content (AvgIpc) is 2.51. The van der Waals surface area contributed by atoms with Gasteiger partial charge in [0.2, 0.25) is 5.91 Å². The summed E-state index contributed by atoms with van der Waals surface area (Å²) < 4.78 is 6.07. The predicted molar refractivity (Wildman–Crippen MR) is 87.5 cm³/mol. The van der Waals surface area contributed by atoms with E-state index in [4.69, 9.17) is 4.74 Å². The quantitative estimate of drug-likeness (QED) is 0.842. The fraction of sp³-hybridized carbons (Fsp3) is 0.188. The molecule has 2 rings (SSSR count). The standard InChI is InChI=1S/C16H17BrN2O2/c1-21-15-7-5-12(6-8-15)10-19-16(20)11-18-14-4-2-3-13(17)9-14/h2-9,18H,10-11H2,1H3,(H,19,20). The topological polar surface area (TPSA) is 50.4 Å². The molecule has 2 N–H and O–H groups in total. The van der Waals surface area contributed by atoms with Crippen LogP contribution >= 0.6 is 15.9 Å². The molecule has 5 heteroatoms. The van der Waals surface area contributed by atoms with Crippen LogP contribution in [0.4, 0.5) is 5.69 Å². The van der Waals surface area contributed by atoms with Gasteiger partial charge in [-0.2, -0.15) is 0 Å². The third kappa shape index (κ3) is 5.11. The Hall–Kier alpha value is -2.01. The highest BCUT2D eigenvalue weighted by Gasteiger charge is 2.02. The van der Waals surface area contributed by atoms with E-state index in [0.29, 0.717) is 6.54 Å². The normalized spacial score (nSPS) is 10.0. The summed E-state index contributed by atoms with van der Waals surface area (Å²) in [5.41, 5.74) is 1.94. The van der Waals surface area contributed by atoms with E-state index in [1.165, 1.54) is 0 Å². The number of halogens is 1. The molecule has 1 amide bonds. The highest BCUT2D eigenvalue weighted by atomic mass is 79.9. The van der Waals surface area contributed by atoms with Gasteiger partial charge in [-0.15, -0.1) is 0 Å². The molecule has 0 aromatic heterocycles. The lowest BCUT2D eigenvalue weighted by Crippen LogP contribution is -2.29. The summed E-state index contributed by atoms with van der Waals surface area (Å²) in [5.74, 6) is 0.757. The second-order valence-electron chi connectivity index (χ2n) is 4.49. The molecule has 0 fully saturated rings. The van der Waals surface area contributed by atoms with Crippen LogP contribution in [-0.2, 0) is 11.3 Å². The van der Waals surface area contributed by atoms with Crippen LogP contribution in [0, 0.1) is 0 Å². The van der Waals surface area contributed by atoms with Crippen molar-refractivity contribution < 1.29 is 9.53 Å². The molecule has 21 heavy (non-hydrogen) atoms. The maximum Gasteiger partial charge on any atom is 0.239 e. The molecule has 4 nitrogen and oxygen atoms in total. The fourth-order valence-corrected chi connectivity index (χ4v) is 2.19. The zero-order valence-electron chi connectivity index (χ0n) is 11.7. The molecule has 0 heterocycles. The molecule has 0 radical (unpaired) electrons. The summed E-state index contributed by atoms with van der Waals surface area (Å²) >= 11 is 3.39. The minimum Gasteiger partial charge on any atom is -0.497 e. The maximum absolute atomic E-state index is 11.8. The molecule has 0 unspecified atom stereocenters. The molecule has 0 spiro atoms. The summed E-state index contributed by atoms with van der Waals surface area (Å²) in [6.45, 7) is 0.746. The Kier molecular flexibility index (Phi) is 5.63. The minimum absolute atomic E-state index is 0.0502. The van der Waals surface area contributed by atoms with Crippen molar-refractivity contribution >= 4 is 27.5 Å². The number of benzene rings is 2. The number of carbonyl (C=O) groups is 1. The second-order valence-corrected chi connectivity index (χ2v) is 5.40. The number of hydrogen-bond donors (Lipinski definition) is 2. The van der Waals surface area contributed by atoms with Crippen molar-refractivity contribution in [3.63, 3.8) is 0 Å². The molecule has 0 bridgehead atoms. The number of carbonyl (C=O) groups excluding carboxylic acids is 1. The third-order valence-electron chi connectivity index (χ3n) is 2.93. The van der Waals surface area contributed by atoms with Crippen LogP contribution in [-0.4, -0.2) is 19.6 Å². The first-order valence-corrected chi connectivity index (χ1v) is 7.36. The van der Waals surface area contributed by atoms with Gasteiger partial charge in [-0.25, -0.2) is 0 Å². The summed E-state index contributed by atoms with van der Waals surface area (Å²) in [6.07, 6.45) is 0. The van der Waals surface area contributed by atoms with Gasteiger partial charge in [-0.3, -0.25) is 4.79 Å². The number of methoxy groups -OCH3 is 1. The van der Waals surface area contributed by atoms with Gasteiger partial charge in [-0.05, 0) is 35.9 Å². The van der Waals surface area contributed by atoms with Crippen molar-refractivity contribution in [3.05, 3.63) is 58.6 Å². The van der Waals surface area contributed by atoms with Crippen LogP contribution in [0.3, 0.4) is 0 Å². The number of rotatable bonds is 6. The van der Waals surface area contributed by atoms with Crippen LogP contribution in [0.1, 0.15) is 5.56 Å². The van der Waals surface area contributed by atoms with E-state index < -0.39 is 0 Å². The van der Waals surface area contributed by atoms with Crippen LogP contribution in [0.25, 0.3) is 0 Å². The molecule has 2 aromatic carbocycles. The minimum atomic E-state index is -0.0502. The Bertz CT molecular complexity index is 599. The monoisotopic (exact) mass is 348 g/mol. The van der Waals surface area contributed by atoms with Crippen LogP contribution in [0.2, 0.25) is 0 Å². The van der Waals surface area contributed by atoms with E-state index in [-0.39, 0.29) is 12.5 Å². The molecular formula is C16H17BrN2O2. The molecule has 110 valence electrons. The van der Waals surface area contributed by atoms with E-state index in [0.717, 1.165) is 21.5 Å². The summed E-state index contributed by atoms with van der Waals surface area (Å²) in [5, 5.41) is 5.95. The average molecular weight is 349 g/mol. The Labute approximate surface area is 132 Å². The van der Waals surface area contributed by atoms with Gasteiger partial charge in [0.25, 0.3) is 0 Å². The van der Waals surface area contributed by atoms with Crippen molar-refractivity contribution in [2.45, 2.75) is 6.54 Å². The smallest absolute Gasteiger partial charge is 0.239 e. The number of ether oxygens (including phenoxy) is 1. The van der Waals surface area contributed by atoms with E-state index in [1.807, 2.05) is 48.5 Å². The summed E-state index contributed by atoms with van der Waals surface area (Å²) in [4.78, 5) is 11.8. The summed E-state index contributed by atoms with van der Waals surface area (Å²) in [6, 6.07) is 15.3. The Morgan fingerprint density at radius 3 is 2.62 bits per heavy atom. The van der Waals surface area contributed by atoms with Gasteiger partial charge >= 0.3 is 0 Å². The van der Waals surface area contributed by atoms with Crippen molar-refractivity contribution in [2.24, 2.45) is 0 Å². The third-order valence-corrected chi connectivity index (χ3v) is 3.42. The van der Waals surface area contributed by atoms with Gasteiger partial charge < -0.3 is 15.4 Å². The van der Waals surface area contributed by atoms with E-state index in [2.05, 4.69) is 26.6 Å². The van der Waals surface area contributed by atoms with E-state index in [1.54, 1.807) is 7.11 Å². The molecule has 0 atom stereocenters. The predicted octanol–water partition coefficient (Wildman–Crippen LogP) is 3.19. The molecule has 0 aliphatic heterocycles. The molecule has 0 saturated carbocycles. The number of amides is 1. The first-order valence-electron chi connectivity index (χ1n) is 6.56. The van der Waals surface area contributed by atoms with Crippen LogP contribution in [0.15, 0.2) is 53.0 Å². The molecule has 0 saturated heterocycles. The number of nitrogens with one attached hydrogen (secondary N) is 2. The Morgan fingerprint density at radius 1 is 1.19 bits per heavy atom. The Morgan fingerprint density at radius 2 is 1.95 bits per heavy atom. The van der Waals surface area contributed by atoms with Gasteiger partial charge in [0.15, 0.2) is 0 Å². The fourth-order valence-electron chi connectivity index (χ4n) is 1.79. The van der Waals surface area contributed by atoms with Gasteiger partial charge in [-0.1, -0.05) is 34.1 Å². The number of anilines is 1. The van der Waals surface area contributed by atoms with Gasteiger partial charge in [0, 0.05) is 16.7 Å². The zero-order chi connectivity index (χ0) is 15.1. The van der Waals surface area contributed by atoms with E-state index in [9.17, 15) is 4.79 Å². The molecule has 0 aliphatic carbocycles. The maximum atomic E-state index is 11.8. The molecule has 2 aromatic rings. The van der Waals surface area contributed by atoms with Crippen molar-refractivity contribution in [1.82, 2.24) is 5.32 Å².